The summed E-state index contributed by atoms with van der Waals surface area (Å²) in [6.45, 7) is 1.32. The highest BCUT2D eigenvalue weighted by Gasteiger charge is 2.28. The van der Waals surface area contributed by atoms with Crippen LogP contribution in [0.3, 0.4) is 0 Å². The number of halogens is 3. The van der Waals surface area contributed by atoms with Gasteiger partial charge in [0.25, 0.3) is 0 Å². The third kappa shape index (κ3) is 4.90. The molecule has 0 unspecified atom stereocenters. The summed E-state index contributed by atoms with van der Waals surface area (Å²) in [7, 11) is 0. The van der Waals surface area contributed by atoms with E-state index in [2.05, 4.69) is 0 Å². The van der Waals surface area contributed by atoms with Crippen LogP contribution in [0.1, 0.15) is 12.5 Å². The predicted molar refractivity (Wildman–Crippen MR) is 59.0 cm³/mol. The van der Waals surface area contributed by atoms with E-state index in [1.807, 2.05) is 0 Å². The fourth-order valence-electron chi connectivity index (χ4n) is 1.06. The second-order valence-electron chi connectivity index (χ2n) is 3.16. The first-order valence-electron chi connectivity index (χ1n) is 4.46. The van der Waals surface area contributed by atoms with Crippen molar-refractivity contribution >= 4 is 17.8 Å². The summed E-state index contributed by atoms with van der Waals surface area (Å²) in [5.41, 5.74) is -3.90. The summed E-state index contributed by atoms with van der Waals surface area (Å²) in [5, 5.41) is 10.3. The summed E-state index contributed by atoms with van der Waals surface area (Å²) in [6.07, 6.45) is 1.29. The molecule has 1 aromatic carbocycles. The minimum Gasteiger partial charge on any atom is -0.259 e. The Labute approximate surface area is 99.5 Å². The molecule has 0 N–H and O–H groups in total. The summed E-state index contributed by atoms with van der Waals surface area (Å²) < 4.78 is 36.1. The Balaban J connectivity index is 2.82. The van der Waals surface area contributed by atoms with Gasteiger partial charge in [-0.05, 0) is 29.5 Å². The van der Waals surface area contributed by atoms with Gasteiger partial charge in [-0.3, -0.25) is 10.1 Å². The van der Waals surface area contributed by atoms with Crippen LogP contribution < -0.4 is 0 Å². The van der Waals surface area contributed by atoms with Crippen LogP contribution in [0.25, 0.3) is 6.08 Å². The van der Waals surface area contributed by atoms with E-state index in [1.165, 1.54) is 37.3 Å². The fraction of sp³-hybridized carbons (Fsp3) is 0.200. The van der Waals surface area contributed by atoms with Crippen LogP contribution in [0.15, 0.2) is 34.9 Å². The van der Waals surface area contributed by atoms with Crippen molar-refractivity contribution in [2.45, 2.75) is 17.3 Å². The molecule has 0 atom stereocenters. The Morgan fingerprint density at radius 3 is 2.29 bits per heavy atom. The molecular weight excluding hydrogens is 255 g/mol. The first kappa shape index (κ1) is 13.6. The van der Waals surface area contributed by atoms with E-state index in [0.29, 0.717) is 5.56 Å². The van der Waals surface area contributed by atoms with Gasteiger partial charge in [0.2, 0.25) is 5.70 Å². The molecule has 0 amide bonds. The molecule has 1 aromatic rings. The summed E-state index contributed by atoms with van der Waals surface area (Å²) in [4.78, 5) is 9.83. The third-order valence-corrected chi connectivity index (χ3v) is 2.52. The molecular formula is C10H8F3NO2S. The second-order valence-corrected chi connectivity index (χ2v) is 4.30. The highest BCUT2D eigenvalue weighted by Crippen LogP contribution is 2.36. The lowest BCUT2D eigenvalue weighted by Gasteiger charge is -2.05. The molecule has 0 bridgehead atoms. The van der Waals surface area contributed by atoms with E-state index < -0.39 is 10.4 Å². The Morgan fingerprint density at radius 2 is 1.88 bits per heavy atom. The Kier molecular flexibility index (Phi) is 4.17. The molecule has 0 aliphatic heterocycles. The number of benzene rings is 1. The standard InChI is InChI=1S/C10H8F3NO2S/c1-7(14(15)16)6-8-2-4-9(5-3-8)17-10(11,12)13/h2-6H,1H3. The van der Waals surface area contributed by atoms with Crippen LogP contribution >= 0.6 is 11.8 Å². The largest absolute Gasteiger partial charge is 0.446 e. The summed E-state index contributed by atoms with van der Waals surface area (Å²) >= 11 is -0.220. The van der Waals surface area contributed by atoms with Crippen LogP contribution in [-0.4, -0.2) is 10.4 Å². The number of alkyl halides is 3. The molecule has 3 nitrogen and oxygen atoms in total. The molecule has 0 spiro atoms. The van der Waals surface area contributed by atoms with Crippen molar-refractivity contribution in [3.63, 3.8) is 0 Å². The van der Waals surface area contributed by atoms with Gasteiger partial charge in [-0.2, -0.15) is 13.2 Å². The molecule has 0 aliphatic carbocycles. The summed E-state index contributed by atoms with van der Waals surface area (Å²) in [6, 6.07) is 5.36. The quantitative estimate of drug-likeness (QED) is 0.471. The Bertz CT molecular complexity index is 440. The van der Waals surface area contributed by atoms with Gasteiger partial charge in [-0.1, -0.05) is 12.1 Å². The lowest BCUT2D eigenvalue weighted by atomic mass is 10.2. The van der Waals surface area contributed by atoms with Gasteiger partial charge in [-0.15, -0.1) is 0 Å². The average molecular weight is 263 g/mol. The van der Waals surface area contributed by atoms with Crippen LogP contribution in [0.5, 0.6) is 0 Å². The van der Waals surface area contributed by atoms with Gasteiger partial charge in [0.1, 0.15) is 0 Å². The zero-order chi connectivity index (χ0) is 13.1. The number of nitrogens with zero attached hydrogens (tertiary/aromatic N) is 1. The molecule has 0 aromatic heterocycles. The maximum Gasteiger partial charge on any atom is 0.446 e. The highest BCUT2D eigenvalue weighted by molar-refractivity contribution is 8.00. The third-order valence-electron chi connectivity index (χ3n) is 1.78. The van der Waals surface area contributed by atoms with Crippen molar-refractivity contribution < 1.29 is 18.1 Å². The fourth-order valence-corrected chi connectivity index (χ4v) is 1.60. The van der Waals surface area contributed by atoms with Gasteiger partial charge in [0.05, 0.1) is 4.92 Å². The van der Waals surface area contributed by atoms with Crippen LogP contribution in [-0.2, 0) is 0 Å². The van der Waals surface area contributed by atoms with E-state index >= 15 is 0 Å². The zero-order valence-electron chi connectivity index (χ0n) is 8.69. The van der Waals surface area contributed by atoms with Crippen LogP contribution in [0.2, 0.25) is 0 Å². The number of rotatable bonds is 3. The molecule has 0 saturated heterocycles. The molecule has 0 heterocycles. The number of hydrogen-bond acceptors (Lipinski definition) is 3. The molecule has 0 radical (unpaired) electrons. The van der Waals surface area contributed by atoms with E-state index in [-0.39, 0.29) is 22.4 Å². The molecule has 1 rings (SSSR count). The van der Waals surface area contributed by atoms with Crippen molar-refractivity contribution in [1.82, 2.24) is 0 Å². The maximum atomic E-state index is 12.0. The van der Waals surface area contributed by atoms with Gasteiger partial charge in [-0.25, -0.2) is 0 Å². The van der Waals surface area contributed by atoms with Crippen LogP contribution in [0.4, 0.5) is 13.2 Å². The maximum absolute atomic E-state index is 12.0. The first-order chi connectivity index (χ1) is 7.78. The summed E-state index contributed by atoms with van der Waals surface area (Å²) in [5.74, 6) is 0. The Morgan fingerprint density at radius 1 is 1.35 bits per heavy atom. The van der Waals surface area contributed by atoms with Gasteiger partial charge in [0.15, 0.2) is 0 Å². The van der Waals surface area contributed by atoms with Crippen molar-refractivity contribution in [2.75, 3.05) is 0 Å². The lowest BCUT2D eigenvalue weighted by molar-refractivity contribution is -0.422. The highest BCUT2D eigenvalue weighted by atomic mass is 32.2. The number of allylic oxidation sites excluding steroid dienone is 1. The molecule has 0 saturated carbocycles. The normalized spacial score (nSPS) is 12.6. The average Bonchev–Trinajstić information content (AvgIpc) is 2.18. The molecule has 92 valence electrons. The monoisotopic (exact) mass is 263 g/mol. The van der Waals surface area contributed by atoms with E-state index in [0.717, 1.165) is 0 Å². The number of thioether (sulfide) groups is 1. The zero-order valence-corrected chi connectivity index (χ0v) is 9.51. The minimum atomic E-state index is -4.33. The minimum absolute atomic E-state index is 0.0495. The Hall–Kier alpha value is -1.50. The first-order valence-corrected chi connectivity index (χ1v) is 5.28. The van der Waals surface area contributed by atoms with Gasteiger partial charge in [0, 0.05) is 17.9 Å². The SMILES string of the molecule is CC(=Cc1ccc(SC(F)(F)F)cc1)[N+](=O)[O-]. The van der Waals surface area contributed by atoms with Crippen molar-refractivity contribution in [1.29, 1.82) is 0 Å². The van der Waals surface area contributed by atoms with Crippen molar-refractivity contribution in [3.8, 4) is 0 Å². The van der Waals surface area contributed by atoms with Crippen molar-refractivity contribution in [3.05, 3.63) is 45.6 Å². The smallest absolute Gasteiger partial charge is 0.259 e. The van der Waals surface area contributed by atoms with E-state index in [9.17, 15) is 23.3 Å². The lowest BCUT2D eigenvalue weighted by Crippen LogP contribution is -1.98. The molecule has 7 heteroatoms. The van der Waals surface area contributed by atoms with Crippen molar-refractivity contribution in [2.24, 2.45) is 0 Å². The molecule has 17 heavy (non-hydrogen) atoms. The number of nitro groups is 1. The van der Waals surface area contributed by atoms with E-state index in [4.69, 9.17) is 0 Å². The molecule has 0 aliphatic rings. The number of hydrogen-bond donors (Lipinski definition) is 0. The second kappa shape index (κ2) is 5.22. The predicted octanol–water partition coefficient (Wildman–Crippen LogP) is 3.94. The van der Waals surface area contributed by atoms with Gasteiger partial charge >= 0.3 is 5.51 Å². The topological polar surface area (TPSA) is 43.1 Å². The van der Waals surface area contributed by atoms with E-state index in [1.54, 1.807) is 0 Å². The molecule has 0 fully saturated rings. The van der Waals surface area contributed by atoms with Crippen LogP contribution in [0, 0.1) is 10.1 Å². The van der Waals surface area contributed by atoms with Gasteiger partial charge < -0.3 is 0 Å².